The van der Waals surface area contributed by atoms with E-state index in [-0.39, 0.29) is 6.10 Å². The van der Waals surface area contributed by atoms with E-state index in [0.717, 1.165) is 0 Å². The molecule has 0 aromatic rings. The highest BCUT2D eigenvalue weighted by Crippen LogP contribution is 2.32. The van der Waals surface area contributed by atoms with Crippen LogP contribution in [-0.4, -0.2) is 11.2 Å². The van der Waals surface area contributed by atoms with Crippen LogP contribution in [0.1, 0.15) is 33.6 Å². The SMILES string of the molecule is CC1CCC(C)C(O)C1C. The van der Waals surface area contributed by atoms with Gasteiger partial charge in [-0.1, -0.05) is 27.2 Å². The molecule has 0 amide bonds. The van der Waals surface area contributed by atoms with Gasteiger partial charge in [-0.15, -0.1) is 0 Å². The monoisotopic (exact) mass is 142 g/mol. The lowest BCUT2D eigenvalue weighted by Gasteiger charge is -2.35. The van der Waals surface area contributed by atoms with E-state index in [1.807, 2.05) is 0 Å². The molecule has 0 aromatic carbocycles. The van der Waals surface area contributed by atoms with E-state index in [4.69, 9.17) is 0 Å². The second-order valence-electron chi connectivity index (χ2n) is 3.88. The molecule has 1 fully saturated rings. The van der Waals surface area contributed by atoms with E-state index in [2.05, 4.69) is 20.8 Å². The predicted molar refractivity (Wildman–Crippen MR) is 42.7 cm³/mol. The van der Waals surface area contributed by atoms with Crippen molar-refractivity contribution >= 4 is 0 Å². The van der Waals surface area contributed by atoms with Crippen LogP contribution < -0.4 is 0 Å². The zero-order valence-electron chi connectivity index (χ0n) is 7.17. The van der Waals surface area contributed by atoms with E-state index < -0.39 is 0 Å². The fraction of sp³-hybridized carbons (Fsp3) is 1.00. The third-order valence-electron chi connectivity index (χ3n) is 3.10. The van der Waals surface area contributed by atoms with E-state index in [1.54, 1.807) is 0 Å². The highest BCUT2D eigenvalue weighted by Gasteiger charge is 2.30. The molecule has 1 aliphatic rings. The van der Waals surface area contributed by atoms with Crippen molar-refractivity contribution in [2.45, 2.75) is 39.7 Å². The minimum absolute atomic E-state index is 0.0521. The first-order valence-corrected chi connectivity index (χ1v) is 4.31. The molecule has 0 bridgehead atoms. The smallest absolute Gasteiger partial charge is 0.0593 e. The van der Waals surface area contributed by atoms with Gasteiger partial charge in [0, 0.05) is 0 Å². The van der Waals surface area contributed by atoms with Crippen LogP contribution in [-0.2, 0) is 0 Å². The Morgan fingerprint density at radius 3 is 2.00 bits per heavy atom. The summed E-state index contributed by atoms with van der Waals surface area (Å²) >= 11 is 0. The molecule has 4 unspecified atom stereocenters. The number of aliphatic hydroxyl groups is 1. The van der Waals surface area contributed by atoms with Gasteiger partial charge in [0.1, 0.15) is 0 Å². The molecule has 1 saturated carbocycles. The maximum atomic E-state index is 9.62. The fourth-order valence-electron chi connectivity index (χ4n) is 1.81. The zero-order chi connectivity index (χ0) is 7.72. The van der Waals surface area contributed by atoms with E-state index in [9.17, 15) is 5.11 Å². The number of hydrogen-bond donors (Lipinski definition) is 1. The average Bonchev–Trinajstić information content (AvgIpc) is 1.93. The number of rotatable bonds is 0. The van der Waals surface area contributed by atoms with Crippen LogP contribution >= 0.6 is 0 Å². The van der Waals surface area contributed by atoms with Crippen molar-refractivity contribution in [1.82, 2.24) is 0 Å². The molecule has 0 heterocycles. The fourth-order valence-corrected chi connectivity index (χ4v) is 1.81. The van der Waals surface area contributed by atoms with Gasteiger partial charge in [0.15, 0.2) is 0 Å². The molecular weight excluding hydrogens is 124 g/mol. The van der Waals surface area contributed by atoms with Crippen molar-refractivity contribution in [3.05, 3.63) is 0 Å². The van der Waals surface area contributed by atoms with Crippen LogP contribution in [0.25, 0.3) is 0 Å². The van der Waals surface area contributed by atoms with Crippen molar-refractivity contribution in [2.24, 2.45) is 17.8 Å². The molecule has 1 aliphatic carbocycles. The summed E-state index contributed by atoms with van der Waals surface area (Å²) < 4.78 is 0. The van der Waals surface area contributed by atoms with Crippen LogP contribution in [0.4, 0.5) is 0 Å². The summed E-state index contributed by atoms with van der Waals surface area (Å²) in [5, 5.41) is 9.62. The summed E-state index contributed by atoms with van der Waals surface area (Å²) in [4.78, 5) is 0. The molecule has 4 atom stereocenters. The molecule has 0 radical (unpaired) electrons. The molecular formula is C9H18O. The minimum Gasteiger partial charge on any atom is -0.393 e. The summed E-state index contributed by atoms with van der Waals surface area (Å²) in [6.07, 6.45) is 2.44. The van der Waals surface area contributed by atoms with Crippen LogP contribution in [0.3, 0.4) is 0 Å². The van der Waals surface area contributed by atoms with Crippen LogP contribution in [0.2, 0.25) is 0 Å². The Kier molecular flexibility index (Phi) is 2.35. The minimum atomic E-state index is -0.0521. The Morgan fingerprint density at radius 1 is 1.00 bits per heavy atom. The summed E-state index contributed by atoms with van der Waals surface area (Å²) in [7, 11) is 0. The largest absolute Gasteiger partial charge is 0.393 e. The van der Waals surface area contributed by atoms with Crippen molar-refractivity contribution < 1.29 is 5.11 Å². The van der Waals surface area contributed by atoms with Gasteiger partial charge < -0.3 is 5.11 Å². The zero-order valence-corrected chi connectivity index (χ0v) is 7.17. The molecule has 1 nitrogen and oxygen atoms in total. The lowest BCUT2D eigenvalue weighted by atomic mass is 9.74. The van der Waals surface area contributed by atoms with Gasteiger partial charge in [0.25, 0.3) is 0 Å². The number of hydrogen-bond acceptors (Lipinski definition) is 1. The molecule has 0 aromatic heterocycles. The Hall–Kier alpha value is -0.0400. The molecule has 60 valence electrons. The Labute approximate surface area is 63.4 Å². The van der Waals surface area contributed by atoms with Gasteiger partial charge in [-0.25, -0.2) is 0 Å². The topological polar surface area (TPSA) is 20.2 Å². The third kappa shape index (κ3) is 1.34. The Morgan fingerprint density at radius 2 is 1.50 bits per heavy atom. The maximum absolute atomic E-state index is 9.62. The first-order chi connectivity index (χ1) is 4.63. The Balaban J connectivity index is 2.52. The standard InChI is InChI=1S/C9H18O/c1-6-4-5-7(2)9(10)8(6)3/h6-10H,4-5H2,1-3H3. The molecule has 0 saturated heterocycles. The van der Waals surface area contributed by atoms with E-state index >= 15 is 0 Å². The van der Waals surface area contributed by atoms with Crippen molar-refractivity contribution in [3.8, 4) is 0 Å². The highest BCUT2D eigenvalue weighted by molar-refractivity contribution is 4.80. The molecule has 1 rings (SSSR count). The third-order valence-corrected chi connectivity index (χ3v) is 3.10. The van der Waals surface area contributed by atoms with Crippen LogP contribution in [0, 0.1) is 17.8 Å². The number of aliphatic hydroxyl groups excluding tert-OH is 1. The van der Waals surface area contributed by atoms with Crippen molar-refractivity contribution in [2.75, 3.05) is 0 Å². The predicted octanol–water partition coefficient (Wildman–Crippen LogP) is 2.05. The second kappa shape index (κ2) is 2.91. The molecule has 0 aliphatic heterocycles. The lowest BCUT2D eigenvalue weighted by Crippen LogP contribution is -2.34. The quantitative estimate of drug-likeness (QED) is 0.549. The van der Waals surface area contributed by atoms with Gasteiger partial charge in [-0.2, -0.15) is 0 Å². The average molecular weight is 142 g/mol. The van der Waals surface area contributed by atoms with E-state index in [1.165, 1.54) is 12.8 Å². The van der Waals surface area contributed by atoms with Gasteiger partial charge in [-0.3, -0.25) is 0 Å². The normalized spacial score (nSPS) is 49.2. The van der Waals surface area contributed by atoms with Crippen LogP contribution in [0.15, 0.2) is 0 Å². The summed E-state index contributed by atoms with van der Waals surface area (Å²) in [6, 6.07) is 0. The van der Waals surface area contributed by atoms with Gasteiger partial charge in [0.05, 0.1) is 6.10 Å². The second-order valence-corrected chi connectivity index (χ2v) is 3.88. The van der Waals surface area contributed by atoms with Gasteiger partial charge >= 0.3 is 0 Å². The van der Waals surface area contributed by atoms with Gasteiger partial charge in [0.2, 0.25) is 0 Å². The maximum Gasteiger partial charge on any atom is 0.0593 e. The van der Waals surface area contributed by atoms with Gasteiger partial charge in [-0.05, 0) is 24.2 Å². The Bertz CT molecular complexity index is 97.3. The molecule has 1 heteroatoms. The highest BCUT2D eigenvalue weighted by atomic mass is 16.3. The lowest BCUT2D eigenvalue weighted by molar-refractivity contribution is 0.00602. The summed E-state index contributed by atoms with van der Waals surface area (Å²) in [5.74, 6) is 1.74. The van der Waals surface area contributed by atoms with Crippen molar-refractivity contribution in [3.63, 3.8) is 0 Å². The summed E-state index contributed by atoms with van der Waals surface area (Å²) in [5.41, 5.74) is 0. The van der Waals surface area contributed by atoms with Crippen LogP contribution in [0.5, 0.6) is 0 Å². The molecule has 1 N–H and O–H groups in total. The first kappa shape index (κ1) is 8.06. The first-order valence-electron chi connectivity index (χ1n) is 4.31. The molecule has 0 spiro atoms. The van der Waals surface area contributed by atoms with Crippen molar-refractivity contribution in [1.29, 1.82) is 0 Å². The van der Waals surface area contributed by atoms with E-state index in [0.29, 0.717) is 17.8 Å². The summed E-state index contributed by atoms with van der Waals surface area (Å²) in [6.45, 7) is 6.54. The molecule has 10 heavy (non-hydrogen) atoms.